The Balaban J connectivity index is 1.26. The van der Waals surface area contributed by atoms with Crippen molar-refractivity contribution in [1.29, 1.82) is 0 Å². The Morgan fingerprint density at radius 2 is 1.67 bits per heavy atom. The van der Waals surface area contributed by atoms with Crippen molar-refractivity contribution in [2.24, 2.45) is 17.4 Å². The standard InChI is InChI=1S/C35H53N7O6/c1-22-16-28(38-33(46)31(24-12-6-3-7-13-24)39-32(45)27(37)17-23-10-4-2-5-11-23)34(47)41(22)29(14-8-9-15-36)35(48)42-25-18-26(42)20-40(19-25)21-30(43)44/h2,4-5,10-11,22,24-29,31H,3,6-9,12-21,36-37H2,1H3,(H,38,46)(H,39,45)(H,43,44). The predicted molar refractivity (Wildman–Crippen MR) is 179 cm³/mol. The molecule has 13 nitrogen and oxygen atoms in total. The highest BCUT2D eigenvalue weighted by Crippen LogP contribution is 2.36. The van der Waals surface area contributed by atoms with Crippen molar-refractivity contribution in [3.05, 3.63) is 35.9 Å². The van der Waals surface area contributed by atoms with Crippen LogP contribution >= 0.6 is 0 Å². The van der Waals surface area contributed by atoms with Crippen molar-refractivity contribution < 1.29 is 29.1 Å². The number of amides is 4. The van der Waals surface area contributed by atoms with Crippen LogP contribution in [-0.4, -0.2) is 118 Å². The summed E-state index contributed by atoms with van der Waals surface area (Å²) in [6.45, 7) is 3.32. The van der Waals surface area contributed by atoms with E-state index < -0.39 is 42.0 Å². The van der Waals surface area contributed by atoms with Crippen LogP contribution in [-0.2, 0) is 30.4 Å². The molecule has 0 aromatic heterocycles. The molecule has 4 fully saturated rings. The van der Waals surface area contributed by atoms with Gasteiger partial charge in [0.15, 0.2) is 0 Å². The van der Waals surface area contributed by atoms with Crippen LogP contribution < -0.4 is 22.1 Å². The number of rotatable bonds is 15. The number of aliphatic carboxylic acids is 1. The van der Waals surface area contributed by atoms with Gasteiger partial charge in [-0.3, -0.25) is 28.9 Å². The highest BCUT2D eigenvalue weighted by atomic mass is 16.4. The van der Waals surface area contributed by atoms with Crippen molar-refractivity contribution in [2.45, 2.75) is 120 Å². The quantitative estimate of drug-likeness (QED) is 0.167. The number of fused-ring (bicyclic) bond motifs is 2. The summed E-state index contributed by atoms with van der Waals surface area (Å²) in [5, 5.41) is 15.2. The third kappa shape index (κ3) is 8.35. The van der Waals surface area contributed by atoms with Crippen molar-refractivity contribution in [1.82, 2.24) is 25.3 Å². The van der Waals surface area contributed by atoms with E-state index in [1.165, 1.54) is 0 Å². The van der Waals surface area contributed by atoms with Crippen LogP contribution in [0, 0.1) is 5.92 Å². The summed E-state index contributed by atoms with van der Waals surface area (Å²) in [5.41, 5.74) is 13.0. The monoisotopic (exact) mass is 667 g/mol. The zero-order valence-corrected chi connectivity index (χ0v) is 28.1. The zero-order chi connectivity index (χ0) is 34.4. The second kappa shape index (κ2) is 16.2. The average molecular weight is 668 g/mol. The van der Waals surface area contributed by atoms with Crippen LogP contribution in [0.25, 0.3) is 0 Å². The molecule has 4 amide bonds. The van der Waals surface area contributed by atoms with Gasteiger partial charge in [0.05, 0.1) is 12.6 Å². The van der Waals surface area contributed by atoms with Gasteiger partial charge in [-0.15, -0.1) is 0 Å². The number of carbonyl (C=O) groups excluding carboxylic acids is 4. The molecular formula is C35H53N7O6. The second-order valence-electron chi connectivity index (χ2n) is 14.2. The first-order valence-corrected chi connectivity index (χ1v) is 17.8. The molecule has 4 aliphatic rings. The number of carbonyl (C=O) groups is 5. The van der Waals surface area contributed by atoms with Gasteiger partial charge in [0.2, 0.25) is 23.6 Å². The van der Waals surface area contributed by atoms with Gasteiger partial charge in [-0.05, 0) is 76.3 Å². The Labute approximate surface area is 283 Å². The van der Waals surface area contributed by atoms with E-state index >= 15 is 0 Å². The first-order chi connectivity index (χ1) is 23.1. The van der Waals surface area contributed by atoms with Crippen molar-refractivity contribution in [3.8, 4) is 0 Å². The molecule has 3 aliphatic heterocycles. The fourth-order valence-corrected chi connectivity index (χ4v) is 8.29. The molecule has 7 atom stereocenters. The smallest absolute Gasteiger partial charge is 0.317 e. The summed E-state index contributed by atoms with van der Waals surface area (Å²) in [5.74, 6) is -2.15. The summed E-state index contributed by atoms with van der Waals surface area (Å²) < 4.78 is 0. The van der Waals surface area contributed by atoms with Crippen LogP contribution in [0.4, 0.5) is 0 Å². The molecule has 3 saturated heterocycles. The number of likely N-dealkylation sites (tertiary alicyclic amines) is 3. The van der Waals surface area contributed by atoms with E-state index in [9.17, 15) is 29.1 Å². The van der Waals surface area contributed by atoms with Gasteiger partial charge < -0.3 is 37.0 Å². The molecule has 0 radical (unpaired) electrons. The number of nitrogens with zero attached hydrogens (tertiary/aromatic N) is 3. The van der Waals surface area contributed by atoms with E-state index in [4.69, 9.17) is 11.5 Å². The molecule has 1 aromatic carbocycles. The number of carboxylic acid groups (broad SMARTS) is 1. The van der Waals surface area contributed by atoms with Crippen molar-refractivity contribution >= 4 is 29.6 Å². The summed E-state index contributed by atoms with van der Waals surface area (Å²) >= 11 is 0. The Morgan fingerprint density at radius 1 is 0.979 bits per heavy atom. The summed E-state index contributed by atoms with van der Waals surface area (Å²) in [6, 6.07) is 5.90. The molecule has 7 N–H and O–H groups in total. The number of unbranched alkanes of at least 4 members (excludes halogenated alkanes) is 1. The minimum Gasteiger partial charge on any atom is -0.480 e. The van der Waals surface area contributed by atoms with Crippen LogP contribution in [0.3, 0.4) is 0 Å². The minimum absolute atomic E-state index is 0.0563. The van der Waals surface area contributed by atoms with Gasteiger partial charge >= 0.3 is 5.97 Å². The third-order valence-electron chi connectivity index (χ3n) is 10.7. The number of hydrogen-bond acceptors (Lipinski definition) is 8. The van der Waals surface area contributed by atoms with E-state index in [0.29, 0.717) is 45.3 Å². The largest absolute Gasteiger partial charge is 0.480 e. The lowest BCUT2D eigenvalue weighted by Crippen LogP contribution is -2.72. The Bertz CT molecular complexity index is 1300. The maximum Gasteiger partial charge on any atom is 0.317 e. The molecule has 5 rings (SSSR count). The fourth-order valence-electron chi connectivity index (χ4n) is 8.29. The lowest BCUT2D eigenvalue weighted by molar-refractivity contribution is -0.164. The lowest BCUT2D eigenvalue weighted by Gasteiger charge is -2.57. The number of piperazine rings is 1. The molecule has 48 heavy (non-hydrogen) atoms. The zero-order valence-electron chi connectivity index (χ0n) is 28.1. The van der Waals surface area contributed by atoms with Gasteiger partial charge in [0.25, 0.3) is 0 Å². The summed E-state index contributed by atoms with van der Waals surface area (Å²) in [6.07, 6.45) is 7.97. The van der Waals surface area contributed by atoms with Crippen LogP contribution in [0.2, 0.25) is 0 Å². The van der Waals surface area contributed by atoms with Crippen LogP contribution in [0.5, 0.6) is 0 Å². The number of hydrogen-bond donors (Lipinski definition) is 5. The molecule has 1 aromatic rings. The number of nitrogens with two attached hydrogens (primary N) is 2. The van der Waals surface area contributed by atoms with Crippen molar-refractivity contribution in [3.63, 3.8) is 0 Å². The number of nitrogens with one attached hydrogen (secondary N) is 2. The summed E-state index contributed by atoms with van der Waals surface area (Å²) in [7, 11) is 0. The normalized spacial score (nSPS) is 26.4. The van der Waals surface area contributed by atoms with E-state index in [1.54, 1.807) is 4.90 Å². The van der Waals surface area contributed by atoms with Gasteiger partial charge in [-0.25, -0.2) is 0 Å². The molecule has 13 heteroatoms. The van der Waals surface area contributed by atoms with Gasteiger partial charge in [-0.1, -0.05) is 49.6 Å². The van der Waals surface area contributed by atoms with Gasteiger partial charge in [0, 0.05) is 31.2 Å². The maximum absolute atomic E-state index is 14.1. The number of carboxylic acids is 1. The highest BCUT2D eigenvalue weighted by molar-refractivity contribution is 5.96. The number of piperidine rings is 1. The molecule has 2 bridgehead atoms. The number of benzene rings is 1. The fraction of sp³-hybridized carbons (Fsp3) is 0.686. The van der Waals surface area contributed by atoms with E-state index in [1.807, 2.05) is 47.1 Å². The van der Waals surface area contributed by atoms with E-state index in [2.05, 4.69) is 10.6 Å². The van der Waals surface area contributed by atoms with Crippen molar-refractivity contribution in [2.75, 3.05) is 26.2 Å². The molecule has 1 saturated carbocycles. The van der Waals surface area contributed by atoms with E-state index in [0.717, 1.165) is 50.5 Å². The first kappa shape index (κ1) is 35.7. The minimum atomic E-state index is -0.890. The third-order valence-corrected chi connectivity index (χ3v) is 10.7. The average Bonchev–Trinajstić information content (AvgIpc) is 3.33. The van der Waals surface area contributed by atoms with Crippen LogP contribution in [0.15, 0.2) is 30.3 Å². The van der Waals surface area contributed by atoms with Gasteiger partial charge in [-0.2, -0.15) is 0 Å². The van der Waals surface area contributed by atoms with Gasteiger partial charge in [0.1, 0.15) is 18.1 Å². The Kier molecular flexibility index (Phi) is 12.1. The van der Waals surface area contributed by atoms with E-state index in [-0.39, 0.29) is 42.4 Å². The Hall–Kier alpha value is -3.55. The topological polar surface area (TPSA) is 191 Å². The molecule has 264 valence electrons. The SMILES string of the molecule is CC1CC(NC(=O)C(NC(=O)C(N)Cc2ccccc2)C2CCCCC2)C(=O)N1C(CCCCN)C(=O)N1C2CC1CN(CC(=O)O)C2. The second-order valence-corrected chi connectivity index (χ2v) is 14.2. The molecule has 3 heterocycles. The molecule has 1 aliphatic carbocycles. The molecule has 7 unspecified atom stereocenters. The molecule has 0 spiro atoms. The molecular weight excluding hydrogens is 614 g/mol. The highest BCUT2D eigenvalue weighted by Gasteiger charge is 2.52. The predicted octanol–water partition coefficient (Wildman–Crippen LogP) is 0.594. The maximum atomic E-state index is 14.1. The first-order valence-electron chi connectivity index (χ1n) is 17.8. The summed E-state index contributed by atoms with van der Waals surface area (Å²) in [4.78, 5) is 72.0. The van der Waals surface area contributed by atoms with Crippen LogP contribution in [0.1, 0.15) is 76.7 Å². The lowest BCUT2D eigenvalue weighted by atomic mass is 9.83. The Morgan fingerprint density at radius 3 is 2.31 bits per heavy atom.